The van der Waals surface area contributed by atoms with Gasteiger partial charge in [-0.05, 0) is 36.1 Å². The molecule has 0 radical (unpaired) electrons. The standard InChI is InChI=1S/C19H17N5O4S/c1-19(17(26)22-18(27)23-19)11-4-2-5-12(10-11)20-14(25)7-8-15-21-16(24-28-15)13-6-3-9-29-13/h2-6,9-10H,7-8H2,1H3,(H,20,25)(H2,22,23,26,27). The molecule has 4 rings (SSSR count). The number of urea groups is 1. The zero-order valence-electron chi connectivity index (χ0n) is 15.4. The molecule has 3 heterocycles. The average Bonchev–Trinajstić information content (AvgIpc) is 3.42. The summed E-state index contributed by atoms with van der Waals surface area (Å²) in [5, 5.41) is 13.4. The van der Waals surface area contributed by atoms with Gasteiger partial charge < -0.3 is 15.2 Å². The molecule has 1 unspecified atom stereocenters. The van der Waals surface area contributed by atoms with Crippen molar-refractivity contribution in [3.8, 4) is 10.7 Å². The first-order chi connectivity index (χ1) is 13.9. The molecule has 3 aromatic rings. The Balaban J connectivity index is 1.38. The summed E-state index contributed by atoms with van der Waals surface area (Å²) in [6.07, 6.45) is 0.463. The number of carbonyl (C=O) groups is 3. The topological polar surface area (TPSA) is 126 Å². The second-order valence-electron chi connectivity index (χ2n) is 6.65. The summed E-state index contributed by atoms with van der Waals surface area (Å²) in [6.45, 7) is 1.61. The van der Waals surface area contributed by atoms with Crippen molar-refractivity contribution in [3.63, 3.8) is 0 Å². The summed E-state index contributed by atoms with van der Waals surface area (Å²) in [6, 6.07) is 10.0. The van der Waals surface area contributed by atoms with Gasteiger partial charge in [0.25, 0.3) is 5.91 Å². The lowest BCUT2D eigenvalue weighted by Gasteiger charge is -2.21. The number of amides is 4. The number of aromatic nitrogens is 2. The Morgan fingerprint density at radius 1 is 1.28 bits per heavy atom. The zero-order chi connectivity index (χ0) is 20.4. The summed E-state index contributed by atoms with van der Waals surface area (Å²) in [7, 11) is 0. The fourth-order valence-electron chi connectivity index (χ4n) is 2.96. The van der Waals surface area contributed by atoms with Crippen LogP contribution in [0.15, 0.2) is 46.3 Å². The van der Waals surface area contributed by atoms with Crippen LogP contribution < -0.4 is 16.0 Å². The second-order valence-corrected chi connectivity index (χ2v) is 7.60. The lowest BCUT2D eigenvalue weighted by atomic mass is 9.92. The molecule has 1 atom stereocenters. The Morgan fingerprint density at radius 3 is 2.86 bits per heavy atom. The normalized spacial score (nSPS) is 18.4. The van der Waals surface area contributed by atoms with Gasteiger partial charge in [-0.25, -0.2) is 4.79 Å². The molecule has 2 aromatic heterocycles. The van der Waals surface area contributed by atoms with Gasteiger partial charge in [-0.1, -0.05) is 23.4 Å². The third-order valence-corrected chi connectivity index (χ3v) is 5.41. The largest absolute Gasteiger partial charge is 0.339 e. The Kier molecular flexibility index (Phi) is 4.85. The number of nitrogens with one attached hydrogen (secondary N) is 3. The minimum atomic E-state index is -1.18. The van der Waals surface area contributed by atoms with E-state index in [4.69, 9.17) is 4.52 Å². The maximum atomic E-state index is 12.3. The van der Waals surface area contributed by atoms with Crippen LogP contribution in [-0.4, -0.2) is 28.0 Å². The molecular formula is C19H17N5O4S. The molecule has 0 bridgehead atoms. The molecule has 1 saturated heterocycles. The molecule has 29 heavy (non-hydrogen) atoms. The van der Waals surface area contributed by atoms with Crippen molar-refractivity contribution in [2.24, 2.45) is 0 Å². The minimum Gasteiger partial charge on any atom is -0.339 e. The maximum absolute atomic E-state index is 12.3. The fraction of sp³-hybridized carbons (Fsp3) is 0.211. The summed E-state index contributed by atoms with van der Waals surface area (Å²) in [4.78, 5) is 41.0. The van der Waals surface area contributed by atoms with Crippen LogP contribution in [-0.2, 0) is 21.5 Å². The molecule has 0 saturated carbocycles. The summed E-state index contributed by atoms with van der Waals surface area (Å²) < 4.78 is 5.19. The van der Waals surface area contributed by atoms with Crippen molar-refractivity contribution in [2.45, 2.75) is 25.3 Å². The SMILES string of the molecule is CC1(c2cccc(NC(=O)CCc3nc(-c4cccs4)no3)c2)NC(=O)NC1=O. The van der Waals surface area contributed by atoms with Crippen molar-refractivity contribution >= 4 is 34.9 Å². The number of hydrogen-bond acceptors (Lipinski definition) is 7. The summed E-state index contributed by atoms with van der Waals surface area (Å²) >= 11 is 1.51. The van der Waals surface area contributed by atoms with Gasteiger partial charge in [0.2, 0.25) is 17.6 Å². The highest BCUT2D eigenvalue weighted by molar-refractivity contribution is 7.13. The number of hydrogen-bond donors (Lipinski definition) is 3. The Bertz CT molecular complexity index is 1080. The smallest absolute Gasteiger partial charge is 0.322 e. The van der Waals surface area contributed by atoms with Gasteiger partial charge in [-0.2, -0.15) is 4.98 Å². The van der Waals surface area contributed by atoms with Gasteiger partial charge in [-0.15, -0.1) is 11.3 Å². The molecular weight excluding hydrogens is 394 g/mol. The van der Waals surface area contributed by atoms with Gasteiger partial charge in [0.15, 0.2) is 0 Å². The van der Waals surface area contributed by atoms with Crippen LogP contribution in [0.3, 0.4) is 0 Å². The van der Waals surface area contributed by atoms with Gasteiger partial charge in [0.1, 0.15) is 5.54 Å². The molecule has 1 aromatic carbocycles. The first kappa shape index (κ1) is 18.8. The third-order valence-electron chi connectivity index (χ3n) is 4.54. The Labute approximate surface area is 169 Å². The highest BCUT2D eigenvalue weighted by atomic mass is 32.1. The number of carbonyl (C=O) groups excluding carboxylic acids is 3. The monoisotopic (exact) mass is 411 g/mol. The minimum absolute atomic E-state index is 0.158. The second kappa shape index (κ2) is 7.47. The van der Waals surface area contributed by atoms with Gasteiger partial charge in [0.05, 0.1) is 4.88 Å². The fourth-order valence-corrected chi connectivity index (χ4v) is 3.61. The van der Waals surface area contributed by atoms with Crippen LogP contribution in [0, 0.1) is 0 Å². The quantitative estimate of drug-likeness (QED) is 0.535. The molecule has 0 spiro atoms. The zero-order valence-corrected chi connectivity index (χ0v) is 16.2. The third kappa shape index (κ3) is 3.87. The summed E-state index contributed by atoms with van der Waals surface area (Å²) in [5.74, 6) is 0.218. The number of rotatable bonds is 6. The number of nitrogens with zero attached hydrogens (tertiary/aromatic N) is 2. The molecule has 1 fully saturated rings. The van der Waals surface area contributed by atoms with Crippen LogP contribution in [0.2, 0.25) is 0 Å². The Morgan fingerprint density at radius 2 is 2.14 bits per heavy atom. The molecule has 148 valence electrons. The van der Waals surface area contributed by atoms with E-state index in [1.807, 2.05) is 17.5 Å². The van der Waals surface area contributed by atoms with Gasteiger partial charge in [-0.3, -0.25) is 14.9 Å². The van der Waals surface area contributed by atoms with Crippen molar-refractivity contribution in [2.75, 3.05) is 5.32 Å². The molecule has 4 amide bonds. The van der Waals surface area contributed by atoms with Gasteiger partial charge in [0, 0.05) is 18.5 Å². The van der Waals surface area contributed by atoms with Crippen molar-refractivity contribution in [1.29, 1.82) is 0 Å². The van der Waals surface area contributed by atoms with E-state index in [0.717, 1.165) is 4.88 Å². The number of thiophene rings is 1. The van der Waals surface area contributed by atoms with E-state index in [2.05, 4.69) is 26.1 Å². The van der Waals surface area contributed by atoms with Gasteiger partial charge >= 0.3 is 6.03 Å². The van der Waals surface area contributed by atoms with Crippen LogP contribution in [0.4, 0.5) is 10.5 Å². The molecule has 0 aliphatic carbocycles. The number of anilines is 1. The average molecular weight is 411 g/mol. The van der Waals surface area contributed by atoms with Crippen LogP contribution in [0.5, 0.6) is 0 Å². The van der Waals surface area contributed by atoms with Crippen LogP contribution >= 0.6 is 11.3 Å². The number of aryl methyl sites for hydroxylation is 1. The van der Waals surface area contributed by atoms with E-state index in [0.29, 0.717) is 29.4 Å². The van der Waals surface area contributed by atoms with E-state index in [1.165, 1.54) is 11.3 Å². The first-order valence-corrected chi connectivity index (χ1v) is 9.72. The highest BCUT2D eigenvalue weighted by Gasteiger charge is 2.43. The van der Waals surface area contributed by atoms with Crippen molar-refractivity contribution in [1.82, 2.24) is 20.8 Å². The summed E-state index contributed by atoms with van der Waals surface area (Å²) in [5.41, 5.74) is -0.0941. The number of benzene rings is 1. The molecule has 9 nitrogen and oxygen atoms in total. The number of imide groups is 1. The van der Waals surface area contributed by atoms with E-state index in [9.17, 15) is 14.4 Å². The van der Waals surface area contributed by atoms with E-state index < -0.39 is 17.5 Å². The molecule has 3 N–H and O–H groups in total. The first-order valence-electron chi connectivity index (χ1n) is 8.84. The highest BCUT2D eigenvalue weighted by Crippen LogP contribution is 2.26. The van der Waals surface area contributed by atoms with E-state index in [1.54, 1.807) is 31.2 Å². The lowest BCUT2D eigenvalue weighted by molar-refractivity contribution is -0.123. The predicted octanol–water partition coefficient (Wildman–Crippen LogP) is 2.42. The van der Waals surface area contributed by atoms with Crippen LogP contribution in [0.1, 0.15) is 24.8 Å². The van der Waals surface area contributed by atoms with E-state index >= 15 is 0 Å². The maximum Gasteiger partial charge on any atom is 0.322 e. The van der Waals surface area contributed by atoms with Crippen molar-refractivity contribution in [3.05, 3.63) is 53.2 Å². The lowest BCUT2D eigenvalue weighted by Crippen LogP contribution is -2.40. The Hall–Kier alpha value is -3.53. The molecule has 1 aliphatic rings. The molecule has 10 heteroatoms. The van der Waals surface area contributed by atoms with E-state index in [-0.39, 0.29) is 12.3 Å². The predicted molar refractivity (Wildman–Crippen MR) is 105 cm³/mol. The van der Waals surface area contributed by atoms with Crippen molar-refractivity contribution < 1.29 is 18.9 Å². The molecule has 1 aliphatic heterocycles. The van der Waals surface area contributed by atoms with Crippen LogP contribution in [0.25, 0.3) is 10.7 Å².